The summed E-state index contributed by atoms with van der Waals surface area (Å²) in [5, 5.41) is 0. The zero-order valence-electron chi connectivity index (χ0n) is 18.0. The molecule has 2 heterocycles. The van der Waals surface area contributed by atoms with E-state index in [1.165, 1.54) is 0 Å². The summed E-state index contributed by atoms with van der Waals surface area (Å²) in [5.74, 6) is 0.869. The summed E-state index contributed by atoms with van der Waals surface area (Å²) in [5.41, 5.74) is 4.82. The Kier molecular flexibility index (Phi) is 5.37. The molecule has 5 rings (SSSR count). The van der Waals surface area contributed by atoms with Crippen molar-refractivity contribution in [3.63, 3.8) is 0 Å². The van der Waals surface area contributed by atoms with E-state index < -0.39 is 0 Å². The Labute approximate surface area is 190 Å². The number of fused-ring (bicyclic) bond motifs is 3. The number of carbonyl (C=O) groups excluding carboxylic acids is 1. The van der Waals surface area contributed by atoms with Crippen molar-refractivity contribution in [2.24, 2.45) is 0 Å². The second kappa shape index (κ2) is 8.48. The van der Waals surface area contributed by atoms with Crippen LogP contribution in [0.5, 0.6) is 5.75 Å². The van der Waals surface area contributed by atoms with Gasteiger partial charge in [-0.2, -0.15) is 0 Å². The third-order valence-corrected chi connectivity index (χ3v) is 6.43. The number of imidazole rings is 1. The molecule has 0 aliphatic heterocycles. The van der Waals surface area contributed by atoms with Crippen LogP contribution < -0.4 is 4.74 Å². The van der Waals surface area contributed by atoms with Crippen molar-refractivity contribution >= 4 is 32.4 Å². The van der Waals surface area contributed by atoms with Crippen molar-refractivity contribution in [1.82, 2.24) is 14.3 Å². The van der Waals surface area contributed by atoms with Gasteiger partial charge in [0.15, 0.2) is 4.96 Å². The Bertz CT molecular complexity index is 1390. The van der Waals surface area contributed by atoms with E-state index in [1.54, 1.807) is 16.2 Å². The van der Waals surface area contributed by atoms with Crippen molar-refractivity contribution in [3.8, 4) is 17.0 Å². The first-order valence-corrected chi connectivity index (χ1v) is 11.4. The Morgan fingerprint density at radius 1 is 1.06 bits per heavy atom. The van der Waals surface area contributed by atoms with Crippen LogP contribution in [-0.2, 0) is 6.54 Å². The SMILES string of the molecule is CCOc1ccc(-c2cn3c(n2)sc2cc(C(=O)N(C)Cc4ccccc4)ccc23)cc1. The van der Waals surface area contributed by atoms with Gasteiger partial charge in [0.1, 0.15) is 5.75 Å². The minimum absolute atomic E-state index is 0.0110. The molecule has 1 amide bonds. The molecule has 0 N–H and O–H groups in total. The smallest absolute Gasteiger partial charge is 0.253 e. The van der Waals surface area contributed by atoms with Crippen LogP contribution in [0.25, 0.3) is 26.4 Å². The number of hydrogen-bond acceptors (Lipinski definition) is 4. The fourth-order valence-electron chi connectivity index (χ4n) is 3.81. The third-order valence-electron chi connectivity index (χ3n) is 5.41. The maximum Gasteiger partial charge on any atom is 0.253 e. The van der Waals surface area contributed by atoms with E-state index in [-0.39, 0.29) is 5.91 Å². The van der Waals surface area contributed by atoms with Crippen molar-refractivity contribution in [2.45, 2.75) is 13.5 Å². The molecule has 32 heavy (non-hydrogen) atoms. The molecule has 5 aromatic rings. The zero-order chi connectivity index (χ0) is 22.1. The van der Waals surface area contributed by atoms with Gasteiger partial charge >= 0.3 is 0 Å². The molecule has 0 bridgehead atoms. The number of carbonyl (C=O) groups is 1. The minimum Gasteiger partial charge on any atom is -0.494 e. The molecular formula is C26H23N3O2S. The van der Waals surface area contributed by atoms with E-state index in [1.807, 2.05) is 93.0 Å². The average molecular weight is 442 g/mol. The third kappa shape index (κ3) is 3.85. The van der Waals surface area contributed by atoms with Crippen LogP contribution in [0.4, 0.5) is 0 Å². The molecule has 2 aromatic heterocycles. The van der Waals surface area contributed by atoms with E-state index in [9.17, 15) is 4.79 Å². The van der Waals surface area contributed by atoms with E-state index in [0.717, 1.165) is 37.7 Å². The standard InChI is InChI=1S/C26H23N3O2S/c1-3-31-21-12-9-19(10-13-21)22-17-29-23-14-11-20(15-24(23)32-26(29)27-22)25(30)28(2)16-18-7-5-4-6-8-18/h4-15,17H,3,16H2,1-2H3. The van der Waals surface area contributed by atoms with Crippen LogP contribution in [0.15, 0.2) is 79.0 Å². The number of ether oxygens (including phenoxy) is 1. The number of benzene rings is 3. The molecule has 0 saturated carbocycles. The van der Waals surface area contributed by atoms with Crippen molar-refractivity contribution < 1.29 is 9.53 Å². The molecule has 0 aliphatic carbocycles. The molecule has 0 saturated heterocycles. The van der Waals surface area contributed by atoms with E-state index in [4.69, 9.17) is 9.72 Å². The first-order chi connectivity index (χ1) is 15.6. The Balaban J connectivity index is 1.40. The van der Waals surface area contributed by atoms with Gasteiger partial charge in [-0.15, -0.1) is 0 Å². The highest BCUT2D eigenvalue weighted by molar-refractivity contribution is 7.23. The summed E-state index contributed by atoms with van der Waals surface area (Å²) >= 11 is 1.59. The summed E-state index contributed by atoms with van der Waals surface area (Å²) in [6, 6.07) is 23.9. The normalized spacial score (nSPS) is 11.2. The van der Waals surface area contributed by atoms with Crippen LogP contribution in [0.3, 0.4) is 0 Å². The first-order valence-electron chi connectivity index (χ1n) is 10.6. The van der Waals surface area contributed by atoms with Crippen molar-refractivity contribution in [3.05, 3.63) is 90.1 Å². The lowest BCUT2D eigenvalue weighted by atomic mass is 10.1. The van der Waals surface area contributed by atoms with Crippen LogP contribution >= 0.6 is 11.3 Å². The van der Waals surface area contributed by atoms with Gasteiger partial charge in [-0.05, 0) is 55.0 Å². The lowest BCUT2D eigenvalue weighted by Gasteiger charge is -2.17. The fraction of sp³-hybridized carbons (Fsp3) is 0.154. The second-order valence-electron chi connectivity index (χ2n) is 7.67. The highest BCUT2D eigenvalue weighted by Crippen LogP contribution is 2.31. The molecule has 0 unspecified atom stereocenters. The van der Waals surface area contributed by atoms with Crippen molar-refractivity contribution in [2.75, 3.05) is 13.7 Å². The van der Waals surface area contributed by atoms with Gasteiger partial charge in [-0.1, -0.05) is 41.7 Å². The van der Waals surface area contributed by atoms with Gasteiger partial charge < -0.3 is 9.64 Å². The van der Waals surface area contributed by atoms with Crippen LogP contribution in [0, 0.1) is 0 Å². The van der Waals surface area contributed by atoms with Crippen LogP contribution in [0.2, 0.25) is 0 Å². The quantitative estimate of drug-likeness (QED) is 0.330. The molecule has 0 radical (unpaired) electrons. The molecular weight excluding hydrogens is 418 g/mol. The molecule has 5 nitrogen and oxygen atoms in total. The number of amides is 1. The highest BCUT2D eigenvalue weighted by atomic mass is 32.1. The highest BCUT2D eigenvalue weighted by Gasteiger charge is 2.16. The first kappa shape index (κ1) is 20.3. The summed E-state index contributed by atoms with van der Waals surface area (Å²) in [4.78, 5) is 20.4. The van der Waals surface area contributed by atoms with Gasteiger partial charge in [-0.3, -0.25) is 9.20 Å². The topological polar surface area (TPSA) is 46.8 Å². The molecule has 0 fully saturated rings. The number of hydrogen-bond donors (Lipinski definition) is 0. The Morgan fingerprint density at radius 3 is 2.59 bits per heavy atom. The monoisotopic (exact) mass is 441 g/mol. The van der Waals surface area contributed by atoms with Gasteiger partial charge in [0, 0.05) is 30.9 Å². The molecule has 0 atom stereocenters. The largest absolute Gasteiger partial charge is 0.494 e. The van der Waals surface area contributed by atoms with E-state index in [0.29, 0.717) is 18.7 Å². The van der Waals surface area contributed by atoms with Crippen molar-refractivity contribution in [1.29, 1.82) is 0 Å². The second-order valence-corrected chi connectivity index (χ2v) is 8.68. The summed E-state index contributed by atoms with van der Waals surface area (Å²) in [6.07, 6.45) is 2.05. The number of thiazole rings is 1. The summed E-state index contributed by atoms with van der Waals surface area (Å²) in [7, 11) is 1.84. The van der Waals surface area contributed by atoms with Crippen LogP contribution in [-0.4, -0.2) is 33.8 Å². The molecule has 160 valence electrons. The Hall–Kier alpha value is -3.64. The zero-order valence-corrected chi connectivity index (χ0v) is 18.8. The predicted molar refractivity (Wildman–Crippen MR) is 129 cm³/mol. The average Bonchev–Trinajstić information content (AvgIpc) is 3.37. The van der Waals surface area contributed by atoms with Gasteiger partial charge in [0.2, 0.25) is 0 Å². The number of aromatic nitrogens is 2. The molecule has 0 aliphatic rings. The number of nitrogens with zero attached hydrogens (tertiary/aromatic N) is 3. The molecule has 6 heteroatoms. The molecule has 3 aromatic carbocycles. The summed E-state index contributed by atoms with van der Waals surface area (Å²) in [6.45, 7) is 3.21. The lowest BCUT2D eigenvalue weighted by Crippen LogP contribution is -2.26. The number of rotatable bonds is 6. The van der Waals surface area contributed by atoms with Gasteiger partial charge in [0.05, 0.1) is 22.5 Å². The fourth-order valence-corrected chi connectivity index (χ4v) is 4.86. The van der Waals surface area contributed by atoms with Gasteiger partial charge in [0.25, 0.3) is 5.91 Å². The minimum atomic E-state index is 0.0110. The van der Waals surface area contributed by atoms with E-state index in [2.05, 4.69) is 4.40 Å². The van der Waals surface area contributed by atoms with Crippen LogP contribution in [0.1, 0.15) is 22.8 Å². The van der Waals surface area contributed by atoms with Gasteiger partial charge in [-0.25, -0.2) is 4.98 Å². The Morgan fingerprint density at radius 2 is 1.84 bits per heavy atom. The maximum atomic E-state index is 13.0. The molecule has 0 spiro atoms. The van der Waals surface area contributed by atoms with E-state index >= 15 is 0 Å². The maximum absolute atomic E-state index is 13.0. The predicted octanol–water partition coefficient (Wildman–Crippen LogP) is 5.89. The lowest BCUT2D eigenvalue weighted by molar-refractivity contribution is 0.0785. The summed E-state index contributed by atoms with van der Waals surface area (Å²) < 4.78 is 8.66.